The lowest BCUT2D eigenvalue weighted by Gasteiger charge is -2.12. The number of nitrogens with zero attached hydrogens (tertiary/aromatic N) is 1. The van der Waals surface area contributed by atoms with Crippen LogP contribution in [0.4, 0.5) is 17.1 Å². The summed E-state index contributed by atoms with van der Waals surface area (Å²) < 4.78 is 5.26. The molecule has 0 spiro atoms. The molecular weight excluding hydrogens is 326 g/mol. The lowest BCUT2D eigenvalue weighted by atomic mass is 9.98. The van der Waals surface area contributed by atoms with Crippen LogP contribution >= 0.6 is 0 Å². The van der Waals surface area contributed by atoms with E-state index < -0.39 is 0 Å². The van der Waals surface area contributed by atoms with E-state index in [2.05, 4.69) is 10.3 Å². The van der Waals surface area contributed by atoms with Gasteiger partial charge in [-0.15, -0.1) is 0 Å². The SMILES string of the molecule is COc1cccc(Nc2ccnc(-c3ccc(N)c4c3CCC4=O)c2)c1. The van der Waals surface area contributed by atoms with Crippen molar-refractivity contribution in [3.8, 4) is 17.0 Å². The van der Waals surface area contributed by atoms with Gasteiger partial charge in [0.25, 0.3) is 0 Å². The molecule has 0 unspecified atom stereocenters. The average Bonchev–Trinajstić information content (AvgIpc) is 3.05. The summed E-state index contributed by atoms with van der Waals surface area (Å²) in [6.07, 6.45) is 2.99. The fourth-order valence-corrected chi connectivity index (χ4v) is 3.38. The fourth-order valence-electron chi connectivity index (χ4n) is 3.38. The minimum Gasteiger partial charge on any atom is -0.497 e. The third kappa shape index (κ3) is 2.88. The highest BCUT2D eigenvalue weighted by Gasteiger charge is 2.25. The molecule has 1 aromatic heterocycles. The number of nitrogens with two attached hydrogens (primary N) is 1. The van der Waals surface area contributed by atoms with Crippen molar-refractivity contribution in [1.29, 1.82) is 0 Å². The minimum atomic E-state index is 0.116. The predicted molar refractivity (Wildman–Crippen MR) is 103 cm³/mol. The Labute approximate surface area is 151 Å². The van der Waals surface area contributed by atoms with Gasteiger partial charge in [-0.05, 0) is 42.3 Å². The molecule has 130 valence electrons. The molecule has 0 fully saturated rings. The average molecular weight is 345 g/mol. The second kappa shape index (κ2) is 6.52. The van der Waals surface area contributed by atoms with Crippen molar-refractivity contribution in [3.05, 3.63) is 65.9 Å². The maximum absolute atomic E-state index is 12.1. The third-order valence-electron chi connectivity index (χ3n) is 4.62. The van der Waals surface area contributed by atoms with Crippen LogP contribution in [0.2, 0.25) is 0 Å². The van der Waals surface area contributed by atoms with E-state index in [1.165, 1.54) is 0 Å². The normalized spacial score (nSPS) is 12.7. The quantitative estimate of drug-likeness (QED) is 0.693. The summed E-state index contributed by atoms with van der Waals surface area (Å²) in [5.41, 5.74) is 11.9. The second-order valence-electron chi connectivity index (χ2n) is 6.27. The van der Waals surface area contributed by atoms with Crippen molar-refractivity contribution in [1.82, 2.24) is 4.98 Å². The zero-order chi connectivity index (χ0) is 18.1. The van der Waals surface area contributed by atoms with Crippen molar-refractivity contribution >= 4 is 22.8 Å². The predicted octanol–water partition coefficient (Wildman–Crippen LogP) is 4.21. The standard InChI is InChI=1S/C21H19N3O2/c1-26-15-4-2-3-13(11-15)24-14-9-10-23-19(12-14)16-5-7-18(22)21-17(16)6-8-20(21)25/h2-5,7,9-12H,6,8,22H2,1H3,(H,23,24). The minimum absolute atomic E-state index is 0.116. The van der Waals surface area contributed by atoms with Gasteiger partial charge in [-0.2, -0.15) is 0 Å². The molecule has 0 saturated carbocycles. The van der Waals surface area contributed by atoms with E-state index in [0.29, 0.717) is 24.1 Å². The molecule has 1 heterocycles. The third-order valence-corrected chi connectivity index (χ3v) is 4.62. The molecule has 26 heavy (non-hydrogen) atoms. The first kappa shape index (κ1) is 16.1. The van der Waals surface area contributed by atoms with Crippen molar-refractivity contribution in [2.24, 2.45) is 0 Å². The maximum Gasteiger partial charge on any atom is 0.165 e. The van der Waals surface area contributed by atoms with Crippen molar-refractivity contribution in [2.75, 3.05) is 18.2 Å². The fraction of sp³-hybridized carbons (Fsp3) is 0.143. The van der Waals surface area contributed by atoms with E-state index in [9.17, 15) is 4.79 Å². The molecular formula is C21H19N3O2. The molecule has 0 amide bonds. The molecule has 4 rings (SSSR count). The summed E-state index contributed by atoms with van der Waals surface area (Å²) in [4.78, 5) is 16.6. The summed E-state index contributed by atoms with van der Waals surface area (Å²) >= 11 is 0. The van der Waals surface area contributed by atoms with Gasteiger partial charge < -0.3 is 15.8 Å². The van der Waals surface area contributed by atoms with Crippen LogP contribution < -0.4 is 15.8 Å². The van der Waals surface area contributed by atoms with Gasteiger partial charge in [-0.1, -0.05) is 12.1 Å². The van der Waals surface area contributed by atoms with Gasteiger partial charge in [0.05, 0.1) is 12.8 Å². The number of benzene rings is 2. The number of ketones is 1. The van der Waals surface area contributed by atoms with Crippen LogP contribution in [0.1, 0.15) is 22.3 Å². The summed E-state index contributed by atoms with van der Waals surface area (Å²) in [5, 5.41) is 3.37. The second-order valence-corrected chi connectivity index (χ2v) is 6.27. The Morgan fingerprint density at radius 1 is 1.08 bits per heavy atom. The van der Waals surface area contributed by atoms with Gasteiger partial charge in [0, 0.05) is 46.9 Å². The molecule has 0 aliphatic heterocycles. The van der Waals surface area contributed by atoms with E-state index >= 15 is 0 Å². The highest BCUT2D eigenvalue weighted by atomic mass is 16.5. The summed E-state index contributed by atoms with van der Waals surface area (Å²) in [5.74, 6) is 0.907. The number of aromatic nitrogens is 1. The highest BCUT2D eigenvalue weighted by molar-refractivity contribution is 6.06. The summed E-state index contributed by atoms with van der Waals surface area (Å²) in [7, 11) is 1.65. The molecule has 3 aromatic rings. The zero-order valence-electron chi connectivity index (χ0n) is 14.5. The number of ether oxygens (including phenoxy) is 1. The number of methoxy groups -OCH3 is 1. The monoisotopic (exact) mass is 345 g/mol. The molecule has 5 nitrogen and oxygen atoms in total. The summed E-state index contributed by atoms with van der Waals surface area (Å²) in [6.45, 7) is 0. The highest BCUT2D eigenvalue weighted by Crippen LogP contribution is 2.36. The first-order valence-electron chi connectivity index (χ1n) is 8.48. The van der Waals surface area contributed by atoms with Crippen LogP contribution in [0.3, 0.4) is 0 Å². The Kier molecular flexibility index (Phi) is 4.05. The lowest BCUT2D eigenvalue weighted by molar-refractivity contribution is 0.0995. The zero-order valence-corrected chi connectivity index (χ0v) is 14.5. The lowest BCUT2D eigenvalue weighted by Crippen LogP contribution is -2.01. The first-order chi connectivity index (χ1) is 12.7. The van der Waals surface area contributed by atoms with Crippen molar-refractivity contribution < 1.29 is 9.53 Å². The number of nitrogen functional groups attached to an aromatic ring is 1. The summed E-state index contributed by atoms with van der Waals surface area (Å²) in [6, 6.07) is 15.4. The van der Waals surface area contributed by atoms with E-state index in [1.807, 2.05) is 42.5 Å². The maximum atomic E-state index is 12.1. The van der Waals surface area contributed by atoms with Crippen LogP contribution in [-0.4, -0.2) is 17.9 Å². The molecule has 0 bridgehead atoms. The smallest absolute Gasteiger partial charge is 0.165 e. The topological polar surface area (TPSA) is 77.2 Å². The van der Waals surface area contributed by atoms with Crippen LogP contribution in [0.25, 0.3) is 11.3 Å². The van der Waals surface area contributed by atoms with Gasteiger partial charge in [-0.3, -0.25) is 9.78 Å². The molecule has 1 aliphatic carbocycles. The van der Waals surface area contributed by atoms with Crippen LogP contribution in [0.5, 0.6) is 5.75 Å². The van der Waals surface area contributed by atoms with Gasteiger partial charge in [0.2, 0.25) is 0 Å². The first-order valence-corrected chi connectivity index (χ1v) is 8.48. The number of carbonyl (C=O) groups is 1. The van der Waals surface area contributed by atoms with Crippen molar-refractivity contribution in [3.63, 3.8) is 0 Å². The van der Waals surface area contributed by atoms with Crippen LogP contribution in [-0.2, 0) is 6.42 Å². The Hall–Kier alpha value is -3.34. The molecule has 0 saturated heterocycles. The van der Waals surface area contributed by atoms with E-state index in [-0.39, 0.29) is 5.78 Å². The Morgan fingerprint density at radius 2 is 1.92 bits per heavy atom. The number of hydrogen-bond acceptors (Lipinski definition) is 5. The molecule has 0 atom stereocenters. The van der Waals surface area contributed by atoms with Gasteiger partial charge in [0.15, 0.2) is 5.78 Å². The number of anilines is 3. The number of rotatable bonds is 4. The van der Waals surface area contributed by atoms with Gasteiger partial charge in [-0.25, -0.2) is 0 Å². The van der Waals surface area contributed by atoms with E-state index in [0.717, 1.165) is 33.9 Å². The Balaban J connectivity index is 1.70. The van der Waals surface area contributed by atoms with Crippen molar-refractivity contribution in [2.45, 2.75) is 12.8 Å². The van der Waals surface area contributed by atoms with Crippen LogP contribution in [0.15, 0.2) is 54.7 Å². The Morgan fingerprint density at radius 3 is 2.77 bits per heavy atom. The number of Topliss-reactive ketones (excluding diaryl/α,β-unsaturated/α-hetero) is 1. The molecule has 5 heteroatoms. The number of pyridine rings is 1. The number of hydrogen-bond donors (Lipinski definition) is 2. The molecule has 0 radical (unpaired) electrons. The van der Waals surface area contributed by atoms with Crippen LogP contribution in [0, 0.1) is 0 Å². The molecule has 3 N–H and O–H groups in total. The van der Waals surface area contributed by atoms with Gasteiger partial charge >= 0.3 is 0 Å². The number of fused-ring (bicyclic) bond motifs is 1. The van der Waals surface area contributed by atoms with Gasteiger partial charge in [0.1, 0.15) is 5.75 Å². The Bertz CT molecular complexity index is 998. The molecule has 2 aromatic carbocycles. The van der Waals surface area contributed by atoms with E-state index in [4.69, 9.17) is 10.5 Å². The number of nitrogens with one attached hydrogen (secondary N) is 1. The molecule has 1 aliphatic rings. The largest absolute Gasteiger partial charge is 0.497 e. The van der Waals surface area contributed by atoms with E-state index in [1.54, 1.807) is 19.4 Å². The number of carbonyl (C=O) groups excluding carboxylic acids is 1.